The van der Waals surface area contributed by atoms with Crippen molar-refractivity contribution in [3.8, 4) is 11.7 Å². The molecule has 230 valence electrons. The fraction of sp³-hybridized carbons (Fsp3) is 0.321. The highest BCUT2D eigenvalue weighted by Crippen LogP contribution is 2.41. The van der Waals surface area contributed by atoms with Crippen LogP contribution in [-0.4, -0.2) is 52.4 Å². The molecule has 0 bridgehead atoms. The molecule has 4 aromatic rings. The van der Waals surface area contributed by atoms with Crippen LogP contribution in [0.5, 0.6) is 0 Å². The molecule has 2 saturated heterocycles. The summed E-state index contributed by atoms with van der Waals surface area (Å²) in [4.78, 5) is 23.8. The van der Waals surface area contributed by atoms with Crippen molar-refractivity contribution < 1.29 is 44.7 Å². The summed E-state index contributed by atoms with van der Waals surface area (Å²) in [6.07, 6.45) is -7.83. The smallest absolute Gasteiger partial charge is 0.416 e. The van der Waals surface area contributed by atoms with Crippen LogP contribution in [0.25, 0.3) is 11.7 Å². The predicted molar refractivity (Wildman–Crippen MR) is 139 cm³/mol. The third kappa shape index (κ3) is 5.93. The number of alkyl halides is 6. The van der Waals surface area contributed by atoms with E-state index in [0.29, 0.717) is 25.3 Å². The Bertz CT molecular complexity index is 1660. The molecule has 2 aliphatic rings. The van der Waals surface area contributed by atoms with Gasteiger partial charge < -0.3 is 19.4 Å². The topological polar surface area (TPSA) is 106 Å². The molecule has 0 radical (unpaired) electrons. The number of hydrogen-bond acceptors (Lipinski definition) is 8. The van der Waals surface area contributed by atoms with E-state index in [-0.39, 0.29) is 34.8 Å². The van der Waals surface area contributed by atoms with Crippen LogP contribution in [0.1, 0.15) is 28.5 Å². The molecule has 1 spiro atoms. The lowest BCUT2D eigenvalue weighted by Gasteiger charge is -2.55. The lowest BCUT2D eigenvalue weighted by molar-refractivity contribution is -0.143. The van der Waals surface area contributed by atoms with Gasteiger partial charge in [0.05, 0.1) is 53.8 Å². The Morgan fingerprint density at radius 1 is 0.955 bits per heavy atom. The highest BCUT2D eigenvalue weighted by molar-refractivity contribution is 5.96. The Balaban J connectivity index is 1.28. The largest absolute Gasteiger partial charge is 0.418 e. The van der Waals surface area contributed by atoms with Crippen LogP contribution in [0.2, 0.25) is 0 Å². The Hall–Kier alpha value is -4.60. The van der Waals surface area contributed by atoms with E-state index in [9.17, 15) is 35.5 Å². The summed E-state index contributed by atoms with van der Waals surface area (Å²) in [5.74, 6) is -3.87. The minimum atomic E-state index is -5.25. The first-order valence-corrected chi connectivity index (χ1v) is 13.1. The zero-order valence-electron chi connectivity index (χ0n) is 22.4. The lowest BCUT2D eigenvalue weighted by Crippen LogP contribution is -2.66. The molecule has 0 aliphatic carbocycles. The molecule has 9 nitrogen and oxygen atoms in total. The molecule has 2 aromatic carbocycles. The number of aromatic nitrogens is 4. The second-order valence-corrected chi connectivity index (χ2v) is 10.7. The van der Waals surface area contributed by atoms with Crippen LogP contribution in [0.15, 0.2) is 59.3 Å². The molecular weight excluding hydrogens is 601 g/mol. The lowest BCUT2D eigenvalue weighted by atomic mass is 9.78. The first-order valence-electron chi connectivity index (χ1n) is 13.1. The molecule has 6 rings (SSSR count). The molecule has 1 unspecified atom stereocenters. The maximum atomic E-state index is 14.0. The maximum absolute atomic E-state index is 14.0. The number of benzene rings is 2. The van der Waals surface area contributed by atoms with Crippen molar-refractivity contribution in [2.45, 2.75) is 24.7 Å². The summed E-state index contributed by atoms with van der Waals surface area (Å²) in [5, 5.41) is 10.0. The van der Waals surface area contributed by atoms with Crippen molar-refractivity contribution in [2.75, 3.05) is 36.5 Å². The molecule has 44 heavy (non-hydrogen) atoms. The van der Waals surface area contributed by atoms with Gasteiger partial charge in [0.25, 0.3) is 5.89 Å². The molecule has 4 heterocycles. The van der Waals surface area contributed by atoms with E-state index < -0.39 is 53.1 Å². The van der Waals surface area contributed by atoms with Crippen molar-refractivity contribution in [3.63, 3.8) is 0 Å². The number of nitrogens with zero attached hydrogens (tertiary/aromatic N) is 5. The number of anilines is 2. The van der Waals surface area contributed by atoms with Gasteiger partial charge in [-0.05, 0) is 42.0 Å². The number of ether oxygens (including phenoxy) is 1. The summed E-state index contributed by atoms with van der Waals surface area (Å²) in [6, 6.07) is 5.37. The zero-order valence-corrected chi connectivity index (χ0v) is 22.4. The number of carbonyl (C=O) groups excluding carboxylic acids is 1. The summed E-state index contributed by atoms with van der Waals surface area (Å²) in [6.45, 7) is 3.00. The summed E-state index contributed by atoms with van der Waals surface area (Å²) in [7, 11) is 0. The van der Waals surface area contributed by atoms with Crippen molar-refractivity contribution >= 4 is 17.3 Å². The number of hydrogen-bond donors (Lipinski definition) is 1. The summed E-state index contributed by atoms with van der Waals surface area (Å²) >= 11 is 0. The third-order valence-corrected chi connectivity index (χ3v) is 7.40. The van der Waals surface area contributed by atoms with Crippen LogP contribution in [-0.2, 0) is 28.3 Å². The number of rotatable bonds is 7. The van der Waals surface area contributed by atoms with Crippen molar-refractivity contribution in [1.82, 2.24) is 20.2 Å². The fourth-order valence-corrected chi connectivity index (χ4v) is 5.10. The van der Waals surface area contributed by atoms with E-state index in [1.54, 1.807) is 12.4 Å². The maximum Gasteiger partial charge on any atom is 0.416 e. The van der Waals surface area contributed by atoms with Gasteiger partial charge in [0.15, 0.2) is 0 Å². The first kappa shape index (κ1) is 29.5. The number of halogens is 7. The van der Waals surface area contributed by atoms with Gasteiger partial charge >= 0.3 is 12.4 Å². The van der Waals surface area contributed by atoms with E-state index in [4.69, 9.17) is 9.15 Å². The Morgan fingerprint density at radius 2 is 1.64 bits per heavy atom. The van der Waals surface area contributed by atoms with Crippen LogP contribution >= 0.6 is 0 Å². The SMILES string of the molecule is O=C(Nc1ccc(F)cc1)C(Cc1nnc(-c2ncc(N3CC4(COC4)C3)cn2)o1)c1ccc(C(F)(F)F)cc1C(F)(F)F. The van der Waals surface area contributed by atoms with Gasteiger partial charge in [0.1, 0.15) is 5.82 Å². The average molecular weight is 623 g/mol. The highest BCUT2D eigenvalue weighted by Gasteiger charge is 2.49. The predicted octanol–water partition coefficient (Wildman–Crippen LogP) is 5.50. The Morgan fingerprint density at radius 3 is 2.23 bits per heavy atom. The fourth-order valence-electron chi connectivity index (χ4n) is 5.10. The standard InChI is InChI=1S/C28H21F7N6O3/c29-16-2-4-17(5-3-16)38-24(42)20(19-6-1-15(27(30,31)32)7-21(19)28(33,34)35)8-22-39-40-25(44-22)23-36-9-18(10-37-23)41-11-26(12-41)13-43-14-26/h1-7,9-10,20H,8,11-14H2,(H,38,42). The van der Waals surface area contributed by atoms with Crippen molar-refractivity contribution in [1.29, 1.82) is 0 Å². The van der Waals surface area contributed by atoms with Crippen molar-refractivity contribution in [2.24, 2.45) is 5.41 Å². The van der Waals surface area contributed by atoms with Crippen LogP contribution < -0.4 is 10.2 Å². The van der Waals surface area contributed by atoms with Gasteiger partial charge in [-0.1, -0.05) is 6.07 Å². The van der Waals surface area contributed by atoms with Gasteiger partial charge in [-0.25, -0.2) is 14.4 Å². The zero-order chi connectivity index (χ0) is 31.3. The Labute approximate surface area is 244 Å². The summed E-state index contributed by atoms with van der Waals surface area (Å²) < 4.78 is 106. The molecule has 16 heteroatoms. The minimum absolute atomic E-state index is 0.0209. The van der Waals surface area contributed by atoms with E-state index in [0.717, 1.165) is 30.9 Å². The second-order valence-electron chi connectivity index (χ2n) is 10.7. The van der Waals surface area contributed by atoms with E-state index in [2.05, 4.69) is 30.4 Å². The Kier molecular flexibility index (Phi) is 7.26. The van der Waals surface area contributed by atoms with Crippen LogP contribution in [0.3, 0.4) is 0 Å². The van der Waals surface area contributed by atoms with E-state index in [1.165, 1.54) is 12.1 Å². The number of nitrogens with one attached hydrogen (secondary N) is 1. The van der Waals surface area contributed by atoms with Gasteiger partial charge in [-0.2, -0.15) is 26.3 Å². The first-order chi connectivity index (χ1) is 20.8. The normalized spacial score (nSPS) is 16.8. The molecule has 1 amide bonds. The third-order valence-electron chi connectivity index (χ3n) is 7.40. The molecule has 2 aliphatic heterocycles. The number of amides is 1. The number of carbonyl (C=O) groups is 1. The van der Waals surface area contributed by atoms with E-state index >= 15 is 0 Å². The molecule has 1 N–H and O–H groups in total. The molecule has 0 saturated carbocycles. The van der Waals surface area contributed by atoms with Crippen molar-refractivity contribution in [3.05, 3.63) is 83.3 Å². The van der Waals surface area contributed by atoms with Gasteiger partial charge in [0.2, 0.25) is 17.6 Å². The quantitative estimate of drug-likeness (QED) is 0.269. The molecule has 1 atom stereocenters. The second kappa shape index (κ2) is 10.8. The van der Waals surface area contributed by atoms with Gasteiger partial charge in [-0.3, -0.25) is 4.79 Å². The van der Waals surface area contributed by atoms with E-state index in [1.807, 2.05) is 0 Å². The van der Waals surface area contributed by atoms with Gasteiger partial charge in [0, 0.05) is 25.2 Å². The minimum Gasteiger partial charge on any atom is -0.418 e. The van der Waals surface area contributed by atoms with Gasteiger partial charge in [-0.15, -0.1) is 10.2 Å². The highest BCUT2D eigenvalue weighted by atomic mass is 19.4. The van der Waals surface area contributed by atoms with Crippen LogP contribution in [0.4, 0.5) is 42.1 Å². The molecule has 2 fully saturated rings. The average Bonchev–Trinajstić information content (AvgIpc) is 3.39. The molecule has 2 aromatic heterocycles. The van der Waals surface area contributed by atoms with Crippen LogP contribution in [0, 0.1) is 11.2 Å². The monoisotopic (exact) mass is 622 g/mol. The summed E-state index contributed by atoms with van der Waals surface area (Å²) in [5.41, 5.74) is -2.99. The molecular formula is C28H21F7N6O3.